The van der Waals surface area contributed by atoms with Crippen molar-refractivity contribution in [1.29, 1.82) is 0 Å². The quantitative estimate of drug-likeness (QED) is 0.936. The molecule has 0 atom stereocenters. The van der Waals surface area contributed by atoms with Crippen LogP contribution in [0, 0.1) is 5.92 Å². The van der Waals surface area contributed by atoms with Crippen LogP contribution in [0.25, 0.3) is 0 Å². The Labute approximate surface area is 135 Å². The summed E-state index contributed by atoms with van der Waals surface area (Å²) in [4.78, 5) is 18.8. The van der Waals surface area contributed by atoms with E-state index in [1.54, 1.807) is 11.3 Å². The fourth-order valence-corrected chi connectivity index (χ4v) is 3.35. The highest BCUT2D eigenvalue weighted by atomic mass is 32.1. The first-order chi connectivity index (χ1) is 10.7. The lowest BCUT2D eigenvalue weighted by Gasteiger charge is -2.30. The van der Waals surface area contributed by atoms with Crippen molar-refractivity contribution in [1.82, 2.24) is 9.88 Å². The van der Waals surface area contributed by atoms with Crippen LogP contribution >= 0.6 is 11.3 Å². The minimum Gasteiger partial charge on any atom is -0.342 e. The molecular weight excluding hydrogens is 294 g/mol. The average Bonchev–Trinajstić information content (AvgIpc) is 2.96. The minimum atomic E-state index is 0.198. The third kappa shape index (κ3) is 3.85. The predicted octanol–water partition coefficient (Wildman–Crippen LogP) is 3.69. The Morgan fingerprint density at radius 2 is 2.05 bits per heavy atom. The summed E-state index contributed by atoms with van der Waals surface area (Å²) in [6.45, 7) is 4.03. The Kier molecular flexibility index (Phi) is 4.73. The molecule has 0 spiro atoms. The van der Waals surface area contributed by atoms with Crippen molar-refractivity contribution in [3.63, 3.8) is 0 Å². The maximum Gasteiger partial charge on any atom is 0.228 e. The fourth-order valence-electron chi connectivity index (χ4n) is 2.62. The molecule has 4 nitrogen and oxygen atoms in total. The van der Waals surface area contributed by atoms with Crippen LogP contribution in [0.3, 0.4) is 0 Å². The first-order valence-corrected chi connectivity index (χ1v) is 8.63. The SMILES string of the molecule is CC1CCN(C(=O)Cc2csc(Nc3ccccc3)n2)CC1. The van der Waals surface area contributed by atoms with E-state index in [1.807, 2.05) is 40.6 Å². The summed E-state index contributed by atoms with van der Waals surface area (Å²) in [7, 11) is 0. The second kappa shape index (κ2) is 6.92. The Morgan fingerprint density at radius 1 is 1.32 bits per heavy atom. The number of hydrogen-bond acceptors (Lipinski definition) is 4. The zero-order valence-electron chi connectivity index (χ0n) is 12.8. The molecule has 1 N–H and O–H groups in total. The Balaban J connectivity index is 1.56. The fraction of sp³-hybridized carbons (Fsp3) is 0.412. The van der Waals surface area contributed by atoms with Crippen LogP contribution in [0.2, 0.25) is 0 Å². The number of aromatic nitrogens is 1. The molecule has 2 aromatic rings. The first kappa shape index (κ1) is 15.0. The smallest absolute Gasteiger partial charge is 0.228 e. The normalized spacial score (nSPS) is 15.8. The Morgan fingerprint density at radius 3 is 2.77 bits per heavy atom. The van der Waals surface area contributed by atoms with E-state index in [0.29, 0.717) is 6.42 Å². The molecule has 1 aliphatic rings. The number of benzene rings is 1. The molecule has 1 aliphatic heterocycles. The third-order valence-corrected chi connectivity index (χ3v) is 4.85. The molecular formula is C17H21N3OS. The highest BCUT2D eigenvalue weighted by Gasteiger charge is 2.21. The minimum absolute atomic E-state index is 0.198. The van der Waals surface area contributed by atoms with Gasteiger partial charge in [0, 0.05) is 24.2 Å². The number of nitrogens with one attached hydrogen (secondary N) is 1. The van der Waals surface area contributed by atoms with Gasteiger partial charge in [-0.25, -0.2) is 4.98 Å². The second-order valence-electron chi connectivity index (χ2n) is 5.88. The van der Waals surface area contributed by atoms with Gasteiger partial charge in [-0.15, -0.1) is 11.3 Å². The predicted molar refractivity (Wildman–Crippen MR) is 90.5 cm³/mol. The number of hydrogen-bond donors (Lipinski definition) is 1. The van der Waals surface area contributed by atoms with Crippen molar-refractivity contribution in [2.75, 3.05) is 18.4 Å². The van der Waals surface area contributed by atoms with E-state index >= 15 is 0 Å². The highest BCUT2D eigenvalue weighted by Crippen LogP contribution is 2.22. The monoisotopic (exact) mass is 315 g/mol. The third-order valence-electron chi connectivity index (χ3n) is 4.05. The van der Waals surface area contributed by atoms with Crippen LogP contribution in [0.4, 0.5) is 10.8 Å². The van der Waals surface area contributed by atoms with Crippen LogP contribution < -0.4 is 5.32 Å². The van der Waals surface area contributed by atoms with Gasteiger partial charge < -0.3 is 10.2 Å². The summed E-state index contributed by atoms with van der Waals surface area (Å²) in [5.41, 5.74) is 1.87. The number of rotatable bonds is 4. The van der Waals surface area contributed by atoms with Gasteiger partial charge in [-0.1, -0.05) is 25.1 Å². The van der Waals surface area contributed by atoms with Crippen molar-refractivity contribution in [2.45, 2.75) is 26.2 Å². The molecule has 0 radical (unpaired) electrons. The summed E-state index contributed by atoms with van der Waals surface area (Å²) >= 11 is 1.54. The van der Waals surface area contributed by atoms with Gasteiger partial charge in [-0.3, -0.25) is 4.79 Å². The number of thiazole rings is 1. The summed E-state index contributed by atoms with van der Waals surface area (Å²) in [5.74, 6) is 0.938. The summed E-state index contributed by atoms with van der Waals surface area (Å²) in [6, 6.07) is 9.95. The van der Waals surface area contributed by atoms with Gasteiger partial charge in [-0.2, -0.15) is 0 Å². The first-order valence-electron chi connectivity index (χ1n) is 7.75. The number of likely N-dealkylation sites (tertiary alicyclic amines) is 1. The van der Waals surface area contributed by atoms with E-state index in [-0.39, 0.29) is 5.91 Å². The molecule has 2 heterocycles. The van der Waals surface area contributed by atoms with Gasteiger partial charge in [0.25, 0.3) is 0 Å². The van der Waals surface area contributed by atoms with Gasteiger partial charge in [0.05, 0.1) is 12.1 Å². The van der Waals surface area contributed by atoms with Gasteiger partial charge in [-0.05, 0) is 30.9 Å². The Hall–Kier alpha value is -1.88. The molecule has 22 heavy (non-hydrogen) atoms. The molecule has 1 fully saturated rings. The van der Waals surface area contributed by atoms with Crippen LogP contribution in [0.5, 0.6) is 0 Å². The topological polar surface area (TPSA) is 45.2 Å². The number of amides is 1. The largest absolute Gasteiger partial charge is 0.342 e. The zero-order chi connectivity index (χ0) is 15.4. The standard InChI is InChI=1S/C17H21N3OS/c1-13-7-9-20(10-8-13)16(21)11-15-12-22-17(19-15)18-14-5-3-2-4-6-14/h2-6,12-13H,7-11H2,1H3,(H,18,19). The van der Waals surface area contributed by atoms with Crippen molar-refractivity contribution in [3.05, 3.63) is 41.4 Å². The lowest BCUT2D eigenvalue weighted by molar-refractivity contribution is -0.131. The average molecular weight is 315 g/mol. The van der Waals surface area contributed by atoms with Gasteiger partial charge >= 0.3 is 0 Å². The molecule has 0 bridgehead atoms. The molecule has 0 unspecified atom stereocenters. The van der Waals surface area contributed by atoms with E-state index in [2.05, 4.69) is 17.2 Å². The van der Waals surface area contributed by atoms with Crippen LogP contribution in [-0.2, 0) is 11.2 Å². The van der Waals surface area contributed by atoms with Gasteiger partial charge in [0.15, 0.2) is 5.13 Å². The molecule has 0 aliphatic carbocycles. The van der Waals surface area contributed by atoms with E-state index in [0.717, 1.165) is 48.4 Å². The number of piperidine rings is 1. The Bertz CT molecular complexity index is 618. The number of nitrogens with zero attached hydrogens (tertiary/aromatic N) is 2. The van der Waals surface area contributed by atoms with Crippen molar-refractivity contribution >= 4 is 28.1 Å². The van der Waals surface area contributed by atoms with Gasteiger partial charge in [0.1, 0.15) is 0 Å². The van der Waals surface area contributed by atoms with E-state index in [1.165, 1.54) is 0 Å². The summed E-state index contributed by atoms with van der Waals surface area (Å²) in [6.07, 6.45) is 2.63. The molecule has 1 saturated heterocycles. The van der Waals surface area contributed by atoms with E-state index in [4.69, 9.17) is 0 Å². The maximum absolute atomic E-state index is 12.3. The molecule has 1 aromatic carbocycles. The second-order valence-corrected chi connectivity index (χ2v) is 6.73. The summed E-state index contributed by atoms with van der Waals surface area (Å²) < 4.78 is 0. The molecule has 1 amide bonds. The molecule has 1 aromatic heterocycles. The van der Waals surface area contributed by atoms with E-state index < -0.39 is 0 Å². The van der Waals surface area contributed by atoms with Crippen LogP contribution in [0.1, 0.15) is 25.5 Å². The molecule has 0 saturated carbocycles. The number of para-hydroxylation sites is 1. The molecule has 116 valence electrons. The molecule has 5 heteroatoms. The lowest BCUT2D eigenvalue weighted by Crippen LogP contribution is -2.38. The number of anilines is 2. The molecule has 3 rings (SSSR count). The highest BCUT2D eigenvalue weighted by molar-refractivity contribution is 7.13. The summed E-state index contributed by atoms with van der Waals surface area (Å²) in [5, 5.41) is 6.07. The van der Waals surface area contributed by atoms with E-state index in [9.17, 15) is 4.79 Å². The van der Waals surface area contributed by atoms with Crippen LogP contribution in [0.15, 0.2) is 35.7 Å². The maximum atomic E-state index is 12.3. The van der Waals surface area contributed by atoms with Crippen molar-refractivity contribution in [3.8, 4) is 0 Å². The van der Waals surface area contributed by atoms with Gasteiger partial charge in [0.2, 0.25) is 5.91 Å². The van der Waals surface area contributed by atoms with Crippen molar-refractivity contribution < 1.29 is 4.79 Å². The zero-order valence-corrected chi connectivity index (χ0v) is 13.6. The van der Waals surface area contributed by atoms with Crippen LogP contribution in [-0.4, -0.2) is 28.9 Å². The lowest BCUT2D eigenvalue weighted by atomic mass is 9.99. The van der Waals surface area contributed by atoms with Crippen molar-refractivity contribution in [2.24, 2.45) is 5.92 Å². The number of carbonyl (C=O) groups excluding carboxylic acids is 1. The number of carbonyl (C=O) groups is 1.